The summed E-state index contributed by atoms with van der Waals surface area (Å²) in [6.45, 7) is 1.54. The van der Waals surface area contributed by atoms with Crippen molar-refractivity contribution in [2.45, 2.75) is 31.9 Å². The molecule has 0 aromatic rings. The van der Waals surface area contributed by atoms with Gasteiger partial charge in [0.1, 0.15) is 0 Å². The quantitative estimate of drug-likeness (QED) is 0.503. The Hall–Kier alpha value is -1.05. The number of rotatable bonds is 3. The Morgan fingerprint density at radius 2 is 2.25 bits per heavy atom. The molecule has 0 amide bonds. The van der Waals surface area contributed by atoms with Gasteiger partial charge in [-0.2, -0.15) is 0 Å². The van der Waals surface area contributed by atoms with Gasteiger partial charge < -0.3 is 15.9 Å². The van der Waals surface area contributed by atoms with E-state index < -0.39 is 18.1 Å². The van der Waals surface area contributed by atoms with Crippen molar-refractivity contribution in [1.29, 1.82) is 0 Å². The van der Waals surface area contributed by atoms with Gasteiger partial charge in [0.2, 0.25) is 0 Å². The van der Waals surface area contributed by atoms with Gasteiger partial charge in [0.25, 0.3) is 0 Å². The summed E-state index contributed by atoms with van der Waals surface area (Å²) in [6, 6.07) is -0.584. The lowest BCUT2D eigenvalue weighted by Gasteiger charge is -2.05. The Morgan fingerprint density at radius 1 is 1.67 bits per heavy atom. The third kappa shape index (κ3) is 5.71. The third-order valence-corrected chi connectivity index (χ3v) is 1.25. The lowest BCUT2D eigenvalue weighted by atomic mass is 10.2. The van der Waals surface area contributed by atoms with Crippen LogP contribution in [0.1, 0.15) is 19.8 Å². The zero-order valence-corrected chi connectivity index (χ0v) is 6.95. The summed E-state index contributed by atoms with van der Waals surface area (Å²) < 4.78 is 0. The van der Waals surface area contributed by atoms with E-state index in [1.54, 1.807) is 0 Å². The monoisotopic (exact) mass is 171 g/mol. The van der Waals surface area contributed by atoms with Crippen molar-refractivity contribution in [3.63, 3.8) is 0 Å². The molecule has 0 saturated heterocycles. The zero-order valence-electron chi connectivity index (χ0n) is 6.95. The maximum atomic E-state index is 10.0. The highest BCUT2D eigenvalue weighted by atomic mass is 16.4. The molecule has 0 rings (SSSR count). The summed E-state index contributed by atoms with van der Waals surface area (Å²) in [5, 5.41) is 17.1. The number of carbonyl (C=O) groups is 1. The van der Waals surface area contributed by atoms with Crippen LogP contribution in [0.5, 0.6) is 0 Å². The van der Waals surface area contributed by atoms with Crippen molar-refractivity contribution in [3.05, 3.63) is 0 Å². The maximum absolute atomic E-state index is 10.0. The summed E-state index contributed by atoms with van der Waals surface area (Å²) in [5.41, 5.74) is 5.36. The fourth-order valence-electron chi connectivity index (χ4n) is 0.480. The fraction of sp³-hybridized carbons (Fsp3) is 0.625. The first-order valence-corrected chi connectivity index (χ1v) is 3.68. The molecule has 0 aliphatic carbocycles. The molecule has 4 heteroatoms. The first-order valence-electron chi connectivity index (χ1n) is 3.68. The Labute approximate surface area is 71.4 Å². The van der Waals surface area contributed by atoms with E-state index in [1.165, 1.54) is 6.92 Å². The van der Waals surface area contributed by atoms with Gasteiger partial charge in [-0.15, -0.1) is 5.92 Å². The average molecular weight is 171 g/mol. The smallest absolute Gasteiger partial charge is 0.304 e. The molecule has 68 valence electrons. The molecule has 0 bridgehead atoms. The van der Waals surface area contributed by atoms with Gasteiger partial charge in [0.05, 0.1) is 18.6 Å². The Kier molecular flexibility index (Phi) is 5.09. The highest BCUT2D eigenvalue weighted by Crippen LogP contribution is 1.88. The van der Waals surface area contributed by atoms with E-state index in [0.29, 0.717) is 0 Å². The van der Waals surface area contributed by atoms with Crippen LogP contribution < -0.4 is 5.73 Å². The maximum Gasteiger partial charge on any atom is 0.304 e. The molecule has 0 heterocycles. The zero-order chi connectivity index (χ0) is 9.56. The van der Waals surface area contributed by atoms with E-state index in [9.17, 15) is 4.79 Å². The lowest BCUT2D eigenvalue weighted by molar-refractivity contribution is -0.136. The number of aliphatic hydroxyl groups is 1. The van der Waals surface area contributed by atoms with Crippen LogP contribution in [-0.4, -0.2) is 28.3 Å². The number of carboxylic acids is 1. The fourth-order valence-corrected chi connectivity index (χ4v) is 0.480. The molecule has 2 atom stereocenters. The second-order valence-electron chi connectivity index (χ2n) is 2.48. The van der Waals surface area contributed by atoms with Gasteiger partial charge in [0.15, 0.2) is 0 Å². The molecule has 0 aliphatic rings. The van der Waals surface area contributed by atoms with E-state index in [-0.39, 0.29) is 12.8 Å². The van der Waals surface area contributed by atoms with E-state index in [1.807, 2.05) is 0 Å². The molecule has 0 saturated carbocycles. The molecule has 0 aliphatic heterocycles. The Bertz CT molecular complexity index is 202. The van der Waals surface area contributed by atoms with E-state index in [2.05, 4.69) is 11.8 Å². The van der Waals surface area contributed by atoms with Crippen LogP contribution in [0.15, 0.2) is 0 Å². The van der Waals surface area contributed by atoms with Gasteiger partial charge in [-0.05, 0) is 6.92 Å². The van der Waals surface area contributed by atoms with Crippen LogP contribution in [0.2, 0.25) is 0 Å². The number of aliphatic hydroxyl groups excluding tert-OH is 1. The average Bonchev–Trinajstić information content (AvgIpc) is 1.97. The normalized spacial score (nSPS) is 14.2. The summed E-state index contributed by atoms with van der Waals surface area (Å²) >= 11 is 0. The van der Waals surface area contributed by atoms with Crippen molar-refractivity contribution < 1.29 is 15.0 Å². The van der Waals surface area contributed by atoms with Gasteiger partial charge in [-0.25, -0.2) is 0 Å². The number of nitrogens with two attached hydrogens (primary N) is 1. The van der Waals surface area contributed by atoms with Gasteiger partial charge in [0, 0.05) is 6.42 Å². The SMILES string of the molecule is CC(O)C(N)C#CCCC(=O)O. The first-order chi connectivity index (χ1) is 5.54. The number of aliphatic carboxylic acids is 1. The van der Waals surface area contributed by atoms with Crippen LogP contribution in [0.4, 0.5) is 0 Å². The molecular weight excluding hydrogens is 158 g/mol. The van der Waals surface area contributed by atoms with Gasteiger partial charge in [-0.3, -0.25) is 4.79 Å². The Balaban J connectivity index is 3.66. The predicted octanol–water partition coefficient (Wildman–Crippen LogP) is -0.437. The van der Waals surface area contributed by atoms with Crippen LogP contribution in [-0.2, 0) is 4.79 Å². The molecule has 2 unspecified atom stereocenters. The van der Waals surface area contributed by atoms with E-state index in [4.69, 9.17) is 15.9 Å². The second kappa shape index (κ2) is 5.58. The lowest BCUT2D eigenvalue weighted by Crippen LogP contribution is -2.30. The van der Waals surface area contributed by atoms with Crippen LogP contribution in [0.3, 0.4) is 0 Å². The molecule has 0 spiro atoms. The molecule has 0 radical (unpaired) electrons. The van der Waals surface area contributed by atoms with Gasteiger partial charge >= 0.3 is 5.97 Å². The number of hydrogen-bond acceptors (Lipinski definition) is 3. The number of carboxylic acid groups (broad SMARTS) is 1. The van der Waals surface area contributed by atoms with Crippen molar-refractivity contribution in [2.75, 3.05) is 0 Å². The van der Waals surface area contributed by atoms with Gasteiger partial charge in [-0.1, -0.05) is 5.92 Å². The molecule has 0 aromatic heterocycles. The topological polar surface area (TPSA) is 83.5 Å². The second-order valence-corrected chi connectivity index (χ2v) is 2.48. The van der Waals surface area contributed by atoms with Crippen LogP contribution in [0, 0.1) is 11.8 Å². The summed E-state index contributed by atoms with van der Waals surface area (Å²) in [5.74, 6) is 4.25. The first kappa shape index (κ1) is 11.0. The molecule has 4 N–H and O–H groups in total. The molecular formula is C8H13NO3. The summed E-state index contributed by atoms with van der Waals surface area (Å²) in [4.78, 5) is 10.0. The minimum Gasteiger partial charge on any atom is -0.481 e. The Morgan fingerprint density at radius 3 is 2.67 bits per heavy atom. The largest absolute Gasteiger partial charge is 0.481 e. The molecule has 0 aromatic carbocycles. The van der Waals surface area contributed by atoms with E-state index >= 15 is 0 Å². The number of hydrogen-bond donors (Lipinski definition) is 3. The van der Waals surface area contributed by atoms with Crippen molar-refractivity contribution >= 4 is 5.97 Å². The van der Waals surface area contributed by atoms with Crippen molar-refractivity contribution in [1.82, 2.24) is 0 Å². The summed E-state index contributed by atoms with van der Waals surface area (Å²) in [6.07, 6.45) is -0.391. The standard InChI is InChI=1S/C8H13NO3/c1-6(10)7(9)4-2-3-5-8(11)12/h6-7,10H,3,5,9H2,1H3,(H,11,12). The van der Waals surface area contributed by atoms with Crippen LogP contribution >= 0.6 is 0 Å². The van der Waals surface area contributed by atoms with Crippen LogP contribution in [0.25, 0.3) is 0 Å². The molecule has 0 fully saturated rings. The highest BCUT2D eigenvalue weighted by molar-refractivity contribution is 5.67. The molecule has 4 nitrogen and oxygen atoms in total. The summed E-state index contributed by atoms with van der Waals surface area (Å²) in [7, 11) is 0. The minimum atomic E-state index is -0.880. The van der Waals surface area contributed by atoms with Crippen molar-refractivity contribution in [2.24, 2.45) is 5.73 Å². The highest BCUT2D eigenvalue weighted by Gasteiger charge is 2.03. The van der Waals surface area contributed by atoms with Crippen molar-refractivity contribution in [3.8, 4) is 11.8 Å². The third-order valence-electron chi connectivity index (χ3n) is 1.25. The van der Waals surface area contributed by atoms with E-state index in [0.717, 1.165) is 0 Å². The molecule has 12 heavy (non-hydrogen) atoms. The minimum absolute atomic E-state index is 0.0134. The predicted molar refractivity (Wildman–Crippen MR) is 44.3 cm³/mol.